The summed E-state index contributed by atoms with van der Waals surface area (Å²) >= 11 is 18.3. The molecule has 0 aliphatic carbocycles. The minimum absolute atomic E-state index is 0.0739. The molecular formula is C14H9Cl3F2O. The molecule has 0 fully saturated rings. The van der Waals surface area contributed by atoms with E-state index in [0.717, 1.165) is 0 Å². The Morgan fingerprint density at radius 3 is 2.20 bits per heavy atom. The number of halogens is 5. The Balaban J connectivity index is 2.24. The Kier molecular flexibility index (Phi) is 5.08. The second-order valence-corrected chi connectivity index (χ2v) is 5.26. The molecule has 0 aliphatic heterocycles. The van der Waals surface area contributed by atoms with Crippen molar-refractivity contribution in [1.82, 2.24) is 0 Å². The topological polar surface area (TPSA) is 9.23 Å². The monoisotopic (exact) mass is 336 g/mol. The summed E-state index contributed by atoms with van der Waals surface area (Å²) in [4.78, 5) is 0. The molecule has 1 unspecified atom stereocenters. The summed E-state index contributed by atoms with van der Waals surface area (Å²) < 4.78 is 28.4. The maximum Gasteiger partial charge on any atom is 0.387 e. The summed E-state index contributed by atoms with van der Waals surface area (Å²) in [6.07, 6.45) is 0. The first kappa shape index (κ1) is 15.4. The SMILES string of the molecule is FC(F)Oc1ccc(C(Cl)c2cc(Cl)ccc2Cl)cc1. The molecule has 1 atom stereocenters. The molecule has 2 aromatic carbocycles. The van der Waals surface area contributed by atoms with E-state index in [-0.39, 0.29) is 5.75 Å². The van der Waals surface area contributed by atoms with Gasteiger partial charge >= 0.3 is 6.61 Å². The molecule has 0 aromatic heterocycles. The van der Waals surface area contributed by atoms with E-state index in [1.807, 2.05) is 0 Å². The highest BCUT2D eigenvalue weighted by Crippen LogP contribution is 2.35. The largest absolute Gasteiger partial charge is 0.435 e. The van der Waals surface area contributed by atoms with E-state index in [0.29, 0.717) is 21.2 Å². The average Bonchev–Trinajstić information content (AvgIpc) is 2.41. The molecule has 0 radical (unpaired) electrons. The van der Waals surface area contributed by atoms with Crippen molar-refractivity contribution in [1.29, 1.82) is 0 Å². The molecule has 0 saturated carbocycles. The zero-order chi connectivity index (χ0) is 14.7. The number of hydrogen-bond donors (Lipinski definition) is 0. The zero-order valence-corrected chi connectivity index (χ0v) is 12.3. The van der Waals surface area contributed by atoms with Crippen molar-refractivity contribution in [3.8, 4) is 5.75 Å². The van der Waals surface area contributed by atoms with Crippen LogP contribution in [-0.4, -0.2) is 6.61 Å². The molecule has 0 bridgehead atoms. The van der Waals surface area contributed by atoms with Gasteiger partial charge in [0.1, 0.15) is 5.75 Å². The van der Waals surface area contributed by atoms with Crippen molar-refractivity contribution < 1.29 is 13.5 Å². The Morgan fingerprint density at radius 1 is 0.950 bits per heavy atom. The highest BCUT2D eigenvalue weighted by Gasteiger charge is 2.15. The normalized spacial score (nSPS) is 12.5. The smallest absolute Gasteiger partial charge is 0.387 e. The summed E-state index contributed by atoms with van der Waals surface area (Å²) in [7, 11) is 0. The molecule has 20 heavy (non-hydrogen) atoms. The Labute approximate surface area is 130 Å². The van der Waals surface area contributed by atoms with Crippen molar-refractivity contribution in [2.75, 3.05) is 0 Å². The van der Waals surface area contributed by atoms with Gasteiger partial charge in [-0.25, -0.2) is 0 Å². The lowest BCUT2D eigenvalue weighted by Crippen LogP contribution is -2.02. The van der Waals surface area contributed by atoms with Crippen molar-refractivity contribution in [3.63, 3.8) is 0 Å². The second-order valence-electron chi connectivity index (χ2n) is 3.98. The first-order valence-electron chi connectivity index (χ1n) is 5.61. The van der Waals surface area contributed by atoms with Crippen LogP contribution in [0.5, 0.6) is 5.75 Å². The summed E-state index contributed by atoms with van der Waals surface area (Å²) in [6.45, 7) is -2.85. The van der Waals surface area contributed by atoms with E-state index in [2.05, 4.69) is 4.74 Å². The number of ether oxygens (including phenoxy) is 1. The minimum Gasteiger partial charge on any atom is -0.435 e. The Morgan fingerprint density at radius 2 is 1.60 bits per heavy atom. The molecule has 0 N–H and O–H groups in total. The summed E-state index contributed by atoms with van der Waals surface area (Å²) in [6, 6.07) is 11.1. The van der Waals surface area contributed by atoms with Crippen molar-refractivity contribution in [2.45, 2.75) is 12.0 Å². The van der Waals surface area contributed by atoms with Crippen LogP contribution in [0.25, 0.3) is 0 Å². The fourth-order valence-corrected chi connectivity index (χ4v) is 2.50. The summed E-state index contributed by atoms with van der Waals surface area (Å²) in [5.41, 5.74) is 1.36. The van der Waals surface area contributed by atoms with Crippen LogP contribution in [0.1, 0.15) is 16.5 Å². The highest BCUT2D eigenvalue weighted by molar-refractivity contribution is 6.35. The van der Waals surface area contributed by atoms with Crippen molar-refractivity contribution in [2.24, 2.45) is 0 Å². The van der Waals surface area contributed by atoms with E-state index in [4.69, 9.17) is 34.8 Å². The fraction of sp³-hybridized carbons (Fsp3) is 0.143. The number of alkyl halides is 3. The fourth-order valence-electron chi connectivity index (χ4n) is 1.71. The van der Waals surface area contributed by atoms with Gasteiger partial charge in [-0.1, -0.05) is 35.3 Å². The third-order valence-electron chi connectivity index (χ3n) is 2.63. The van der Waals surface area contributed by atoms with E-state index in [9.17, 15) is 8.78 Å². The van der Waals surface area contributed by atoms with Gasteiger partial charge in [-0.05, 0) is 41.5 Å². The maximum absolute atomic E-state index is 12.1. The predicted octanol–water partition coefficient (Wildman–Crippen LogP) is 5.92. The van der Waals surface area contributed by atoms with Gasteiger partial charge in [-0.2, -0.15) is 8.78 Å². The van der Waals surface area contributed by atoms with Gasteiger partial charge in [-0.3, -0.25) is 0 Å². The summed E-state index contributed by atoms with van der Waals surface area (Å²) in [5.74, 6) is 0.0739. The third-order valence-corrected chi connectivity index (χ3v) is 3.70. The van der Waals surface area contributed by atoms with Crippen LogP contribution in [-0.2, 0) is 0 Å². The standard InChI is InChI=1S/C14H9Cl3F2O/c15-9-3-6-12(16)11(7-9)13(17)8-1-4-10(5-2-8)20-14(18)19/h1-7,13-14H. The highest BCUT2D eigenvalue weighted by atomic mass is 35.5. The molecular weight excluding hydrogens is 329 g/mol. The van der Waals surface area contributed by atoms with Gasteiger partial charge in [0.05, 0.1) is 5.38 Å². The zero-order valence-electron chi connectivity index (χ0n) is 9.99. The van der Waals surface area contributed by atoms with Crippen LogP contribution < -0.4 is 4.74 Å². The Hall–Kier alpha value is -1.03. The molecule has 2 rings (SSSR count). The average molecular weight is 338 g/mol. The van der Waals surface area contributed by atoms with Gasteiger partial charge in [-0.15, -0.1) is 11.6 Å². The molecule has 0 heterocycles. The first-order chi connectivity index (χ1) is 9.47. The van der Waals surface area contributed by atoms with Crippen molar-refractivity contribution >= 4 is 34.8 Å². The molecule has 0 spiro atoms. The van der Waals surface area contributed by atoms with E-state index in [1.165, 1.54) is 12.1 Å². The second kappa shape index (κ2) is 6.61. The van der Waals surface area contributed by atoms with Gasteiger partial charge in [0.2, 0.25) is 0 Å². The van der Waals surface area contributed by atoms with Crippen molar-refractivity contribution in [3.05, 3.63) is 63.6 Å². The number of hydrogen-bond acceptors (Lipinski definition) is 1. The molecule has 0 aliphatic rings. The van der Waals surface area contributed by atoms with Gasteiger partial charge in [0.25, 0.3) is 0 Å². The molecule has 106 valence electrons. The van der Waals surface area contributed by atoms with Crippen LogP contribution in [0.3, 0.4) is 0 Å². The molecule has 6 heteroatoms. The lowest BCUT2D eigenvalue weighted by atomic mass is 10.0. The predicted molar refractivity (Wildman–Crippen MR) is 77.2 cm³/mol. The van der Waals surface area contributed by atoms with E-state index < -0.39 is 12.0 Å². The Bertz CT molecular complexity index is 587. The number of benzene rings is 2. The molecule has 0 amide bonds. The van der Waals surface area contributed by atoms with Gasteiger partial charge in [0, 0.05) is 10.0 Å². The van der Waals surface area contributed by atoms with Crippen LogP contribution in [0.15, 0.2) is 42.5 Å². The van der Waals surface area contributed by atoms with Crippen LogP contribution in [0.4, 0.5) is 8.78 Å². The van der Waals surface area contributed by atoms with Gasteiger partial charge in [0.15, 0.2) is 0 Å². The quantitative estimate of drug-likeness (QED) is 0.629. The van der Waals surface area contributed by atoms with E-state index >= 15 is 0 Å². The van der Waals surface area contributed by atoms with Crippen LogP contribution in [0, 0.1) is 0 Å². The molecule has 0 saturated heterocycles. The number of rotatable bonds is 4. The first-order valence-corrected chi connectivity index (χ1v) is 6.80. The van der Waals surface area contributed by atoms with E-state index in [1.54, 1.807) is 30.3 Å². The molecule has 1 nitrogen and oxygen atoms in total. The van der Waals surface area contributed by atoms with Gasteiger partial charge < -0.3 is 4.74 Å². The summed E-state index contributed by atoms with van der Waals surface area (Å²) in [5, 5.41) is 0.483. The lowest BCUT2D eigenvalue weighted by molar-refractivity contribution is -0.0498. The van der Waals surface area contributed by atoms with Crippen LogP contribution >= 0.6 is 34.8 Å². The molecule has 2 aromatic rings. The third kappa shape index (κ3) is 3.75. The minimum atomic E-state index is -2.85. The lowest BCUT2D eigenvalue weighted by Gasteiger charge is -2.13. The van der Waals surface area contributed by atoms with Crippen LogP contribution in [0.2, 0.25) is 10.0 Å². The maximum atomic E-state index is 12.1.